The molecule has 0 amide bonds. The Hall–Kier alpha value is 0.230. The molecule has 0 spiro atoms. The molecule has 0 bridgehead atoms. The summed E-state index contributed by atoms with van der Waals surface area (Å²) in [5, 5.41) is 0. The van der Waals surface area contributed by atoms with Crippen molar-refractivity contribution in [2.45, 2.75) is 25.4 Å². The smallest absolute Gasteiger partial charge is 0.0227 e. The Labute approximate surface area is 98.4 Å². The Morgan fingerprint density at radius 2 is 2.20 bits per heavy atom. The zero-order chi connectivity index (χ0) is 11.3. The summed E-state index contributed by atoms with van der Waals surface area (Å²) < 4.78 is 0. The Balaban J connectivity index is 2.39. The third kappa shape index (κ3) is 3.94. The molecule has 0 saturated carbocycles. The van der Waals surface area contributed by atoms with E-state index in [1.807, 2.05) is 11.8 Å². The van der Waals surface area contributed by atoms with E-state index in [-0.39, 0.29) is 0 Å². The van der Waals surface area contributed by atoms with Crippen molar-refractivity contribution < 1.29 is 0 Å². The minimum absolute atomic E-state index is 0.591. The van der Waals surface area contributed by atoms with Crippen molar-refractivity contribution in [1.82, 2.24) is 9.80 Å². The number of thioether (sulfide) groups is 1. The normalized spacial score (nSPS) is 26.8. The van der Waals surface area contributed by atoms with Gasteiger partial charge in [0.05, 0.1) is 0 Å². The van der Waals surface area contributed by atoms with Crippen molar-refractivity contribution in [2.75, 3.05) is 45.2 Å². The lowest BCUT2D eigenvalue weighted by Crippen LogP contribution is -2.55. The molecule has 0 aromatic carbocycles. The van der Waals surface area contributed by atoms with Gasteiger partial charge in [0.15, 0.2) is 0 Å². The summed E-state index contributed by atoms with van der Waals surface area (Å²) in [6, 6.07) is 1.26. The van der Waals surface area contributed by atoms with Gasteiger partial charge in [0.1, 0.15) is 0 Å². The third-order valence-corrected chi connectivity index (χ3v) is 4.08. The SMILES string of the molecule is CSCCC(CN)N1CCN(C)C(C)C1. The van der Waals surface area contributed by atoms with Crippen LogP contribution in [0.3, 0.4) is 0 Å². The van der Waals surface area contributed by atoms with Crippen LogP contribution in [0.25, 0.3) is 0 Å². The van der Waals surface area contributed by atoms with Gasteiger partial charge in [-0.15, -0.1) is 0 Å². The van der Waals surface area contributed by atoms with E-state index < -0.39 is 0 Å². The molecule has 15 heavy (non-hydrogen) atoms. The highest BCUT2D eigenvalue weighted by atomic mass is 32.2. The van der Waals surface area contributed by atoms with Crippen molar-refractivity contribution in [3.8, 4) is 0 Å². The highest BCUT2D eigenvalue weighted by Gasteiger charge is 2.25. The Bertz CT molecular complexity index is 177. The second kappa shape index (κ2) is 6.74. The fraction of sp³-hybridized carbons (Fsp3) is 1.00. The zero-order valence-electron chi connectivity index (χ0n) is 10.3. The lowest BCUT2D eigenvalue weighted by molar-refractivity contribution is 0.0734. The second-order valence-corrected chi connectivity index (χ2v) is 5.48. The molecule has 0 radical (unpaired) electrons. The van der Waals surface area contributed by atoms with E-state index in [2.05, 4.69) is 30.0 Å². The third-order valence-electron chi connectivity index (χ3n) is 3.43. The van der Waals surface area contributed by atoms with Crippen molar-refractivity contribution in [3.63, 3.8) is 0 Å². The number of nitrogens with zero attached hydrogens (tertiary/aromatic N) is 2. The topological polar surface area (TPSA) is 32.5 Å². The maximum Gasteiger partial charge on any atom is 0.0227 e. The van der Waals surface area contributed by atoms with E-state index in [9.17, 15) is 0 Å². The largest absolute Gasteiger partial charge is 0.329 e. The first-order chi connectivity index (χ1) is 7.19. The molecular formula is C11H25N3S. The summed E-state index contributed by atoms with van der Waals surface area (Å²) in [6.45, 7) is 6.63. The van der Waals surface area contributed by atoms with Gasteiger partial charge < -0.3 is 10.6 Å². The van der Waals surface area contributed by atoms with Gasteiger partial charge in [-0.1, -0.05) is 0 Å². The van der Waals surface area contributed by atoms with E-state index in [0.717, 1.165) is 6.54 Å². The first-order valence-electron chi connectivity index (χ1n) is 5.82. The van der Waals surface area contributed by atoms with E-state index in [0.29, 0.717) is 12.1 Å². The van der Waals surface area contributed by atoms with Gasteiger partial charge >= 0.3 is 0 Å². The van der Waals surface area contributed by atoms with E-state index in [1.165, 1.54) is 31.8 Å². The van der Waals surface area contributed by atoms with Crippen LogP contribution in [0.15, 0.2) is 0 Å². The first-order valence-corrected chi connectivity index (χ1v) is 7.21. The molecule has 0 aromatic rings. The van der Waals surface area contributed by atoms with Crippen LogP contribution in [0.5, 0.6) is 0 Å². The molecule has 1 rings (SSSR count). The minimum atomic E-state index is 0.591. The van der Waals surface area contributed by atoms with Crippen LogP contribution in [0.4, 0.5) is 0 Å². The number of hydrogen-bond acceptors (Lipinski definition) is 4. The molecule has 90 valence electrons. The summed E-state index contributed by atoms with van der Waals surface area (Å²) in [5.74, 6) is 1.22. The number of piperazine rings is 1. The monoisotopic (exact) mass is 231 g/mol. The van der Waals surface area contributed by atoms with Crippen LogP contribution in [-0.2, 0) is 0 Å². The molecule has 1 aliphatic heterocycles. The molecule has 1 aliphatic rings. The lowest BCUT2D eigenvalue weighted by atomic mass is 10.1. The maximum absolute atomic E-state index is 5.86. The molecular weight excluding hydrogens is 206 g/mol. The van der Waals surface area contributed by atoms with E-state index in [4.69, 9.17) is 5.73 Å². The standard InChI is InChI=1S/C11H25N3S/c1-10-9-14(6-5-13(10)2)11(8-12)4-7-15-3/h10-11H,4-9,12H2,1-3H3. The summed E-state index contributed by atoms with van der Waals surface area (Å²) >= 11 is 1.92. The van der Waals surface area contributed by atoms with Gasteiger partial charge in [0.2, 0.25) is 0 Å². The molecule has 0 aromatic heterocycles. The molecule has 2 atom stereocenters. The van der Waals surface area contributed by atoms with E-state index >= 15 is 0 Å². The summed E-state index contributed by atoms with van der Waals surface area (Å²) in [5.41, 5.74) is 5.86. The highest BCUT2D eigenvalue weighted by molar-refractivity contribution is 7.98. The number of nitrogens with two attached hydrogens (primary N) is 1. The quantitative estimate of drug-likeness (QED) is 0.755. The van der Waals surface area contributed by atoms with Crippen molar-refractivity contribution in [3.05, 3.63) is 0 Å². The van der Waals surface area contributed by atoms with Gasteiger partial charge in [-0.2, -0.15) is 11.8 Å². The first kappa shape index (κ1) is 13.3. The predicted molar refractivity (Wildman–Crippen MR) is 69.5 cm³/mol. The minimum Gasteiger partial charge on any atom is -0.329 e. The molecule has 0 aliphatic carbocycles. The van der Waals surface area contributed by atoms with Crippen LogP contribution in [-0.4, -0.2) is 67.1 Å². The van der Waals surface area contributed by atoms with Crippen LogP contribution in [0.2, 0.25) is 0 Å². The molecule has 1 fully saturated rings. The molecule has 4 heteroatoms. The molecule has 2 unspecified atom stereocenters. The molecule has 1 saturated heterocycles. The van der Waals surface area contributed by atoms with Gasteiger partial charge in [-0.25, -0.2) is 0 Å². The highest BCUT2D eigenvalue weighted by Crippen LogP contribution is 2.13. The molecule has 3 nitrogen and oxygen atoms in total. The fourth-order valence-corrected chi connectivity index (χ4v) is 2.62. The van der Waals surface area contributed by atoms with Crippen molar-refractivity contribution in [1.29, 1.82) is 0 Å². The number of rotatable bonds is 5. The number of likely N-dealkylation sites (N-methyl/N-ethyl adjacent to an activating group) is 1. The van der Waals surface area contributed by atoms with E-state index in [1.54, 1.807) is 0 Å². The summed E-state index contributed by atoms with van der Waals surface area (Å²) in [7, 11) is 2.21. The molecule has 1 heterocycles. The average Bonchev–Trinajstić information content (AvgIpc) is 2.24. The number of hydrogen-bond donors (Lipinski definition) is 1. The van der Waals surface area contributed by atoms with Crippen LogP contribution >= 0.6 is 11.8 Å². The Morgan fingerprint density at radius 3 is 2.73 bits per heavy atom. The molecule has 2 N–H and O–H groups in total. The second-order valence-electron chi connectivity index (χ2n) is 4.50. The Kier molecular flexibility index (Phi) is 5.97. The maximum atomic E-state index is 5.86. The van der Waals surface area contributed by atoms with Crippen LogP contribution in [0.1, 0.15) is 13.3 Å². The fourth-order valence-electron chi connectivity index (χ4n) is 2.11. The van der Waals surface area contributed by atoms with Gasteiger partial charge in [-0.3, -0.25) is 4.90 Å². The van der Waals surface area contributed by atoms with Gasteiger partial charge in [0.25, 0.3) is 0 Å². The van der Waals surface area contributed by atoms with Crippen LogP contribution in [0, 0.1) is 0 Å². The van der Waals surface area contributed by atoms with Crippen molar-refractivity contribution in [2.24, 2.45) is 5.73 Å². The summed E-state index contributed by atoms with van der Waals surface area (Å²) in [4.78, 5) is 5.00. The average molecular weight is 231 g/mol. The van der Waals surface area contributed by atoms with Gasteiger partial charge in [-0.05, 0) is 32.4 Å². The Morgan fingerprint density at radius 1 is 1.47 bits per heavy atom. The lowest BCUT2D eigenvalue weighted by Gasteiger charge is -2.41. The summed E-state index contributed by atoms with van der Waals surface area (Å²) in [6.07, 6.45) is 3.40. The predicted octanol–water partition coefficient (Wildman–Crippen LogP) is 0.703. The van der Waals surface area contributed by atoms with Crippen molar-refractivity contribution >= 4 is 11.8 Å². The zero-order valence-corrected chi connectivity index (χ0v) is 11.1. The van der Waals surface area contributed by atoms with Gasteiger partial charge in [0, 0.05) is 38.3 Å². The van der Waals surface area contributed by atoms with Crippen LogP contribution < -0.4 is 5.73 Å².